The van der Waals surface area contributed by atoms with E-state index in [-0.39, 0.29) is 0 Å². The molecule has 0 radical (unpaired) electrons. The fourth-order valence-corrected chi connectivity index (χ4v) is 0.461. The van der Waals surface area contributed by atoms with Crippen LogP contribution in [-0.2, 0) is 0 Å². The van der Waals surface area contributed by atoms with Crippen molar-refractivity contribution >= 4 is 17.8 Å². The molecule has 0 spiro atoms. The lowest BCUT2D eigenvalue weighted by Gasteiger charge is -2.06. The number of halogens is 4. The van der Waals surface area contributed by atoms with Gasteiger partial charge in [0.2, 0.25) is 0 Å². The molecule has 2 nitrogen and oxygen atoms in total. The number of allylic oxidation sites excluding steroid dienone is 2. The average molecular weight is 187 g/mol. The largest absolute Gasteiger partial charge is 0.413 e. The van der Waals surface area contributed by atoms with E-state index in [0.29, 0.717) is 0 Å². The molecule has 0 amide bonds. The smallest absolute Gasteiger partial charge is 0.323 e. The summed E-state index contributed by atoms with van der Waals surface area (Å²) in [6.45, 7) is 0.851. The molecule has 2 N–H and O–H groups in total. The summed E-state index contributed by atoms with van der Waals surface area (Å²) in [4.78, 5) is 0. The number of hydrazone groups is 1. The molecule has 6 heteroatoms. The van der Waals surface area contributed by atoms with Crippen molar-refractivity contribution in [1.29, 1.82) is 0 Å². The van der Waals surface area contributed by atoms with E-state index in [2.05, 4.69) is 10.9 Å². The summed E-state index contributed by atoms with van der Waals surface area (Å²) in [6, 6.07) is 0. The predicted octanol–water partition coefficient (Wildman–Crippen LogP) is 2.01. The topological polar surface area (TPSA) is 38.4 Å². The molecule has 0 aromatic rings. The maximum Gasteiger partial charge on any atom is 0.413 e. The van der Waals surface area contributed by atoms with Gasteiger partial charge in [0, 0.05) is 0 Å². The first kappa shape index (κ1) is 10.3. The Hall–Kier alpha value is -0.710. The van der Waals surface area contributed by atoms with Crippen molar-refractivity contribution in [3.8, 4) is 0 Å². The second-order valence-electron chi connectivity index (χ2n) is 1.75. The van der Waals surface area contributed by atoms with E-state index >= 15 is 0 Å². The van der Waals surface area contributed by atoms with E-state index in [4.69, 9.17) is 11.6 Å². The Labute approximate surface area is 66.5 Å². The number of alkyl halides is 3. The van der Waals surface area contributed by atoms with Crippen LogP contribution in [0.25, 0.3) is 0 Å². The number of hydrogen-bond donors (Lipinski definition) is 1. The van der Waals surface area contributed by atoms with Gasteiger partial charge < -0.3 is 5.84 Å². The summed E-state index contributed by atoms with van der Waals surface area (Å²) in [7, 11) is 0. The molecule has 0 unspecified atom stereocenters. The highest BCUT2D eigenvalue weighted by atomic mass is 35.5. The summed E-state index contributed by atoms with van der Waals surface area (Å²) in [6.07, 6.45) is -3.68. The Morgan fingerprint density at radius 2 is 2.00 bits per heavy atom. The normalized spacial score (nSPS) is 15.4. The standard InChI is InChI=1S/C5H6ClF3N2/c1-3(5(7,8)9)4(6)2-11-10/h2H,10H2,1H3/b4-3-,11-2-. The Morgan fingerprint density at radius 1 is 1.55 bits per heavy atom. The minimum Gasteiger partial charge on any atom is -0.323 e. The van der Waals surface area contributed by atoms with E-state index in [0.717, 1.165) is 13.1 Å². The first-order chi connectivity index (χ1) is 4.89. The zero-order valence-corrected chi connectivity index (χ0v) is 6.37. The summed E-state index contributed by atoms with van der Waals surface area (Å²) in [5.74, 6) is 4.59. The molecule has 0 aromatic carbocycles. The maximum atomic E-state index is 11.8. The van der Waals surface area contributed by atoms with Gasteiger partial charge in [0.15, 0.2) is 0 Å². The monoisotopic (exact) mass is 186 g/mol. The van der Waals surface area contributed by atoms with Gasteiger partial charge in [-0.15, -0.1) is 0 Å². The SMILES string of the molecule is C/C(=C(Cl)\C=N/N)C(F)(F)F. The van der Waals surface area contributed by atoms with Crippen molar-refractivity contribution in [2.24, 2.45) is 10.9 Å². The lowest BCUT2D eigenvalue weighted by atomic mass is 10.3. The van der Waals surface area contributed by atoms with Crippen LogP contribution in [-0.4, -0.2) is 12.4 Å². The van der Waals surface area contributed by atoms with Gasteiger partial charge in [0.25, 0.3) is 0 Å². The number of nitrogens with zero attached hydrogens (tertiary/aromatic N) is 1. The Morgan fingerprint density at radius 3 is 2.27 bits per heavy atom. The van der Waals surface area contributed by atoms with Gasteiger partial charge in [-0.3, -0.25) is 0 Å². The zero-order valence-electron chi connectivity index (χ0n) is 5.61. The molecule has 0 fully saturated rings. The lowest BCUT2D eigenvalue weighted by Crippen LogP contribution is -2.10. The van der Waals surface area contributed by atoms with Gasteiger partial charge in [-0.1, -0.05) is 11.6 Å². The van der Waals surface area contributed by atoms with Crippen molar-refractivity contribution < 1.29 is 13.2 Å². The van der Waals surface area contributed by atoms with Crippen LogP contribution < -0.4 is 5.84 Å². The first-order valence-corrected chi connectivity index (χ1v) is 2.94. The van der Waals surface area contributed by atoms with Gasteiger partial charge in [0.05, 0.1) is 16.8 Å². The fourth-order valence-electron chi connectivity index (χ4n) is 0.298. The number of nitrogens with two attached hydrogens (primary N) is 1. The molecule has 0 atom stereocenters. The Bertz CT molecular complexity index is 194. The van der Waals surface area contributed by atoms with E-state index in [1.807, 2.05) is 0 Å². The molecule has 0 aliphatic rings. The quantitative estimate of drug-likeness (QED) is 0.380. The van der Waals surface area contributed by atoms with Crippen molar-refractivity contribution in [3.05, 3.63) is 10.6 Å². The molecule has 0 saturated heterocycles. The maximum absolute atomic E-state index is 11.8. The van der Waals surface area contributed by atoms with Crippen LogP contribution in [0.3, 0.4) is 0 Å². The van der Waals surface area contributed by atoms with Gasteiger partial charge in [-0.2, -0.15) is 18.3 Å². The van der Waals surface area contributed by atoms with Crippen LogP contribution in [0.2, 0.25) is 0 Å². The summed E-state index contributed by atoms with van der Waals surface area (Å²) in [5.41, 5.74) is -0.909. The predicted molar refractivity (Wildman–Crippen MR) is 37.3 cm³/mol. The second-order valence-corrected chi connectivity index (χ2v) is 2.16. The lowest BCUT2D eigenvalue weighted by molar-refractivity contribution is -0.0914. The molecule has 0 aromatic heterocycles. The first-order valence-electron chi connectivity index (χ1n) is 2.56. The van der Waals surface area contributed by atoms with Crippen molar-refractivity contribution in [1.82, 2.24) is 0 Å². The highest BCUT2D eigenvalue weighted by Crippen LogP contribution is 2.28. The van der Waals surface area contributed by atoms with E-state index in [9.17, 15) is 13.2 Å². The third kappa shape index (κ3) is 3.27. The fraction of sp³-hybridized carbons (Fsp3) is 0.400. The summed E-state index contributed by atoms with van der Waals surface area (Å²) in [5, 5.41) is 2.36. The number of rotatable bonds is 1. The van der Waals surface area contributed by atoms with Gasteiger partial charge in [-0.25, -0.2) is 0 Å². The van der Waals surface area contributed by atoms with Crippen molar-refractivity contribution in [3.63, 3.8) is 0 Å². The number of hydrogen-bond acceptors (Lipinski definition) is 2. The summed E-state index contributed by atoms with van der Waals surface area (Å²) >= 11 is 5.15. The van der Waals surface area contributed by atoms with Crippen molar-refractivity contribution in [2.75, 3.05) is 0 Å². The Balaban J connectivity index is 4.67. The third-order valence-corrected chi connectivity index (χ3v) is 1.35. The third-order valence-electron chi connectivity index (χ3n) is 0.971. The van der Waals surface area contributed by atoms with Crippen LogP contribution in [0.1, 0.15) is 6.92 Å². The van der Waals surface area contributed by atoms with E-state index < -0.39 is 16.8 Å². The molecule has 0 bridgehead atoms. The minimum absolute atomic E-state index is 0.500. The molecule has 0 aliphatic heterocycles. The summed E-state index contributed by atoms with van der Waals surface area (Å²) < 4.78 is 35.3. The highest BCUT2D eigenvalue weighted by molar-refractivity contribution is 6.39. The molecular formula is C5H6ClF3N2. The minimum atomic E-state index is -4.42. The second kappa shape index (κ2) is 3.61. The van der Waals surface area contributed by atoms with Gasteiger partial charge in [0.1, 0.15) is 0 Å². The van der Waals surface area contributed by atoms with Crippen LogP contribution >= 0.6 is 11.6 Å². The van der Waals surface area contributed by atoms with Gasteiger partial charge >= 0.3 is 6.18 Å². The van der Waals surface area contributed by atoms with Gasteiger partial charge in [-0.05, 0) is 6.92 Å². The van der Waals surface area contributed by atoms with Crippen LogP contribution in [0.5, 0.6) is 0 Å². The molecule has 0 aliphatic carbocycles. The van der Waals surface area contributed by atoms with Crippen LogP contribution in [0.15, 0.2) is 15.7 Å². The average Bonchev–Trinajstić information content (AvgIpc) is 1.85. The molecule has 0 saturated carbocycles. The molecule has 0 heterocycles. The molecular weight excluding hydrogens is 181 g/mol. The van der Waals surface area contributed by atoms with E-state index in [1.165, 1.54) is 0 Å². The van der Waals surface area contributed by atoms with Crippen molar-refractivity contribution in [2.45, 2.75) is 13.1 Å². The Kier molecular flexibility index (Phi) is 3.38. The molecule has 0 rings (SSSR count). The zero-order chi connectivity index (χ0) is 9.07. The highest BCUT2D eigenvalue weighted by Gasteiger charge is 2.31. The van der Waals surface area contributed by atoms with E-state index in [1.54, 1.807) is 0 Å². The molecule has 64 valence electrons. The molecule has 11 heavy (non-hydrogen) atoms. The van der Waals surface area contributed by atoms with Crippen LogP contribution in [0.4, 0.5) is 13.2 Å². The van der Waals surface area contributed by atoms with Crippen LogP contribution in [0, 0.1) is 0 Å².